The molecule has 5 heteroatoms. The minimum Gasteiger partial charge on any atom is -0.496 e. The van der Waals surface area contributed by atoms with Crippen molar-refractivity contribution in [3.05, 3.63) is 58.7 Å². The van der Waals surface area contributed by atoms with E-state index in [1.54, 1.807) is 13.3 Å². The molecular formula is C22H28N2O3. The van der Waals surface area contributed by atoms with Gasteiger partial charge in [-0.15, -0.1) is 0 Å². The highest BCUT2D eigenvalue weighted by Crippen LogP contribution is 2.23. The van der Waals surface area contributed by atoms with Crippen LogP contribution < -0.4 is 14.9 Å². The minimum atomic E-state index is -0.305. The third-order valence-corrected chi connectivity index (χ3v) is 4.82. The van der Waals surface area contributed by atoms with Crippen LogP contribution in [0.25, 0.3) is 0 Å². The molecule has 0 aliphatic rings. The van der Waals surface area contributed by atoms with Gasteiger partial charge in [0.1, 0.15) is 11.5 Å². The Hall–Kier alpha value is -2.82. The number of nitrogens with zero attached hydrogens (tertiary/aromatic N) is 1. The van der Waals surface area contributed by atoms with E-state index in [1.165, 1.54) is 5.56 Å². The average molecular weight is 368 g/mol. The zero-order chi connectivity index (χ0) is 19.8. The highest BCUT2D eigenvalue weighted by atomic mass is 16.5. The summed E-state index contributed by atoms with van der Waals surface area (Å²) in [5, 5.41) is 4.01. The second kappa shape index (κ2) is 9.76. The number of carbonyl (C=O) groups excluding carboxylic acids is 1. The summed E-state index contributed by atoms with van der Waals surface area (Å²) in [6.07, 6.45) is 2.72. The lowest BCUT2D eigenvalue weighted by molar-refractivity contribution is -0.123. The van der Waals surface area contributed by atoms with Crippen LogP contribution in [0.2, 0.25) is 0 Å². The van der Waals surface area contributed by atoms with Crippen molar-refractivity contribution >= 4 is 12.1 Å². The topological polar surface area (TPSA) is 59.9 Å². The second-order valence-corrected chi connectivity index (χ2v) is 6.57. The molecule has 0 aliphatic heterocycles. The number of nitrogens with one attached hydrogen (secondary N) is 1. The van der Waals surface area contributed by atoms with Crippen molar-refractivity contribution in [3.63, 3.8) is 0 Å². The van der Waals surface area contributed by atoms with E-state index in [9.17, 15) is 4.79 Å². The van der Waals surface area contributed by atoms with E-state index in [1.807, 2.05) is 50.2 Å². The molecule has 2 aromatic rings. The maximum Gasteiger partial charge on any atom is 0.277 e. The fourth-order valence-corrected chi connectivity index (χ4v) is 2.66. The van der Waals surface area contributed by atoms with Crippen molar-refractivity contribution in [2.45, 2.75) is 40.0 Å². The van der Waals surface area contributed by atoms with Crippen LogP contribution in [0.3, 0.4) is 0 Å². The van der Waals surface area contributed by atoms with Crippen LogP contribution in [0, 0.1) is 13.8 Å². The van der Waals surface area contributed by atoms with E-state index in [0.717, 1.165) is 28.9 Å². The Kier molecular flexibility index (Phi) is 7.41. The molecule has 0 radical (unpaired) electrons. The van der Waals surface area contributed by atoms with E-state index < -0.39 is 0 Å². The van der Waals surface area contributed by atoms with Gasteiger partial charge in [-0.3, -0.25) is 4.79 Å². The third kappa shape index (κ3) is 5.58. The van der Waals surface area contributed by atoms with Gasteiger partial charge in [-0.25, -0.2) is 5.43 Å². The largest absolute Gasteiger partial charge is 0.496 e. The van der Waals surface area contributed by atoms with Gasteiger partial charge in [-0.2, -0.15) is 5.10 Å². The minimum absolute atomic E-state index is 0.0827. The standard InChI is InChI=1S/C22H28N2O3/c1-6-15(2)18-7-10-20(11-8-18)27-14-22(25)24-23-13-19-9-12-21(26-5)17(4)16(19)3/h7-13,15H,6,14H2,1-5H3,(H,24,25). The molecular weight excluding hydrogens is 340 g/mol. The number of methoxy groups -OCH3 is 1. The third-order valence-electron chi connectivity index (χ3n) is 4.82. The van der Waals surface area contributed by atoms with Crippen LogP contribution >= 0.6 is 0 Å². The first-order valence-electron chi connectivity index (χ1n) is 9.15. The summed E-state index contributed by atoms with van der Waals surface area (Å²) in [5.74, 6) is 1.71. The normalized spacial score (nSPS) is 12.0. The van der Waals surface area contributed by atoms with Crippen molar-refractivity contribution in [1.29, 1.82) is 0 Å². The summed E-state index contributed by atoms with van der Waals surface area (Å²) in [7, 11) is 1.65. The Labute approximate surface area is 161 Å². The molecule has 27 heavy (non-hydrogen) atoms. The summed E-state index contributed by atoms with van der Waals surface area (Å²) in [4.78, 5) is 11.9. The first-order valence-corrected chi connectivity index (χ1v) is 9.15. The number of benzene rings is 2. The Balaban J connectivity index is 1.86. The summed E-state index contributed by atoms with van der Waals surface area (Å²) < 4.78 is 10.8. The molecule has 144 valence electrons. The van der Waals surface area contributed by atoms with Crippen molar-refractivity contribution in [2.24, 2.45) is 5.10 Å². The molecule has 0 spiro atoms. The van der Waals surface area contributed by atoms with Crippen LogP contribution in [0.15, 0.2) is 41.5 Å². The van der Waals surface area contributed by atoms with Gasteiger partial charge < -0.3 is 9.47 Å². The predicted molar refractivity (Wildman–Crippen MR) is 109 cm³/mol. The van der Waals surface area contributed by atoms with Gasteiger partial charge >= 0.3 is 0 Å². The molecule has 0 saturated carbocycles. The molecule has 0 aliphatic carbocycles. The zero-order valence-corrected chi connectivity index (χ0v) is 16.7. The van der Waals surface area contributed by atoms with Gasteiger partial charge in [-0.1, -0.05) is 26.0 Å². The number of hydrazone groups is 1. The molecule has 1 unspecified atom stereocenters. The molecule has 2 rings (SSSR count). The van der Waals surface area contributed by atoms with Crippen LogP contribution in [0.5, 0.6) is 11.5 Å². The van der Waals surface area contributed by atoms with Crippen LogP contribution in [0.4, 0.5) is 0 Å². The lowest BCUT2D eigenvalue weighted by Crippen LogP contribution is -2.24. The predicted octanol–water partition coefficient (Wildman–Crippen LogP) is 4.35. The summed E-state index contributed by atoms with van der Waals surface area (Å²) in [6.45, 7) is 8.25. The molecule has 0 saturated heterocycles. The molecule has 1 N–H and O–H groups in total. The quantitative estimate of drug-likeness (QED) is 0.556. The number of hydrogen-bond donors (Lipinski definition) is 1. The van der Waals surface area contributed by atoms with Gasteiger partial charge in [0.05, 0.1) is 13.3 Å². The summed E-state index contributed by atoms with van der Waals surface area (Å²) in [6, 6.07) is 11.6. The summed E-state index contributed by atoms with van der Waals surface area (Å²) in [5.41, 5.74) is 6.80. The van der Waals surface area contributed by atoms with Gasteiger partial charge in [0.15, 0.2) is 6.61 Å². The molecule has 5 nitrogen and oxygen atoms in total. The van der Waals surface area contributed by atoms with Crippen molar-refractivity contribution in [1.82, 2.24) is 5.43 Å². The maximum absolute atomic E-state index is 11.9. The van der Waals surface area contributed by atoms with Crippen molar-refractivity contribution in [2.75, 3.05) is 13.7 Å². The Morgan fingerprint density at radius 1 is 1.15 bits per heavy atom. The SMILES string of the molecule is CCC(C)c1ccc(OCC(=O)NN=Cc2ccc(OC)c(C)c2C)cc1. The van der Waals surface area contributed by atoms with Gasteiger partial charge in [-0.05, 0) is 72.7 Å². The molecule has 1 atom stereocenters. The van der Waals surface area contributed by atoms with Crippen molar-refractivity contribution < 1.29 is 14.3 Å². The lowest BCUT2D eigenvalue weighted by Gasteiger charge is -2.10. The molecule has 1 amide bonds. The van der Waals surface area contributed by atoms with Crippen molar-refractivity contribution in [3.8, 4) is 11.5 Å². The Bertz CT molecular complexity index is 798. The van der Waals surface area contributed by atoms with Gasteiger partial charge in [0, 0.05) is 0 Å². The fraction of sp³-hybridized carbons (Fsp3) is 0.364. The number of amides is 1. The first-order chi connectivity index (χ1) is 13.0. The van der Waals surface area contributed by atoms with Crippen LogP contribution in [0.1, 0.15) is 48.4 Å². The molecule has 0 aromatic heterocycles. The number of ether oxygens (including phenoxy) is 2. The van der Waals surface area contributed by atoms with E-state index in [4.69, 9.17) is 9.47 Å². The first kappa shape index (κ1) is 20.5. The van der Waals surface area contributed by atoms with Crippen LogP contribution in [-0.4, -0.2) is 25.8 Å². The van der Waals surface area contributed by atoms with E-state index in [0.29, 0.717) is 11.7 Å². The highest BCUT2D eigenvalue weighted by Gasteiger charge is 2.06. The smallest absolute Gasteiger partial charge is 0.277 e. The number of rotatable bonds is 8. The average Bonchev–Trinajstić information content (AvgIpc) is 2.69. The van der Waals surface area contributed by atoms with Gasteiger partial charge in [0.25, 0.3) is 5.91 Å². The zero-order valence-electron chi connectivity index (χ0n) is 16.7. The highest BCUT2D eigenvalue weighted by molar-refractivity contribution is 5.85. The second-order valence-electron chi connectivity index (χ2n) is 6.57. The van der Waals surface area contributed by atoms with E-state index >= 15 is 0 Å². The molecule has 0 bridgehead atoms. The molecule has 0 fully saturated rings. The fourth-order valence-electron chi connectivity index (χ4n) is 2.66. The summed E-state index contributed by atoms with van der Waals surface area (Å²) >= 11 is 0. The molecule has 0 heterocycles. The number of carbonyl (C=O) groups is 1. The van der Waals surface area contributed by atoms with E-state index in [2.05, 4.69) is 24.4 Å². The van der Waals surface area contributed by atoms with E-state index in [-0.39, 0.29) is 12.5 Å². The lowest BCUT2D eigenvalue weighted by atomic mass is 9.99. The Morgan fingerprint density at radius 3 is 2.48 bits per heavy atom. The Morgan fingerprint density at radius 2 is 1.85 bits per heavy atom. The monoisotopic (exact) mass is 368 g/mol. The number of hydrogen-bond acceptors (Lipinski definition) is 4. The molecule has 2 aromatic carbocycles. The van der Waals surface area contributed by atoms with Crippen LogP contribution in [-0.2, 0) is 4.79 Å². The van der Waals surface area contributed by atoms with Gasteiger partial charge in [0.2, 0.25) is 0 Å². The maximum atomic E-state index is 11.9.